The van der Waals surface area contributed by atoms with Crippen molar-refractivity contribution >= 4 is 15.1 Å². The van der Waals surface area contributed by atoms with Crippen LogP contribution in [0.4, 0.5) is 0 Å². The van der Waals surface area contributed by atoms with Crippen LogP contribution in [0.25, 0.3) is 0 Å². The van der Waals surface area contributed by atoms with Crippen LogP contribution < -0.4 is 0 Å². The van der Waals surface area contributed by atoms with E-state index in [0.29, 0.717) is 0 Å². The van der Waals surface area contributed by atoms with E-state index in [2.05, 4.69) is 27.4 Å². The van der Waals surface area contributed by atoms with Gasteiger partial charge in [0, 0.05) is 13.9 Å². The molecule has 0 rings (SSSR count). The number of hydrogen-bond acceptors (Lipinski definition) is 3. The highest BCUT2D eigenvalue weighted by Gasteiger charge is 2.22. The summed E-state index contributed by atoms with van der Waals surface area (Å²) in [6.07, 6.45) is 7.73. The molecule has 21 heavy (non-hydrogen) atoms. The van der Waals surface area contributed by atoms with Gasteiger partial charge in [-0.1, -0.05) is 26.7 Å². The van der Waals surface area contributed by atoms with Gasteiger partial charge in [0.05, 0.1) is 31.7 Å². The summed E-state index contributed by atoms with van der Waals surface area (Å²) < 4.78 is 20.5. The van der Waals surface area contributed by atoms with E-state index in [9.17, 15) is 4.57 Å². The molecule has 0 spiro atoms. The van der Waals surface area contributed by atoms with Crippen molar-refractivity contribution in [3.8, 4) is 0 Å². The van der Waals surface area contributed by atoms with Crippen LogP contribution in [0.2, 0.25) is 0 Å². The molecule has 0 atom stereocenters. The Labute approximate surface area is 133 Å². The Morgan fingerprint density at radius 2 is 1.19 bits per heavy atom. The molecule has 0 saturated heterocycles. The summed E-state index contributed by atoms with van der Waals surface area (Å²) in [7, 11) is -4.16. The van der Waals surface area contributed by atoms with E-state index in [0.717, 1.165) is 25.7 Å². The first-order chi connectivity index (χ1) is 9.80. The normalized spacial score (nSPS) is 12.0. The van der Waals surface area contributed by atoms with Crippen molar-refractivity contribution in [1.29, 1.82) is 0 Å². The van der Waals surface area contributed by atoms with Gasteiger partial charge in [0.1, 0.15) is 0 Å². The first-order valence-electron chi connectivity index (χ1n) is 8.26. The molecule has 0 bridgehead atoms. The zero-order valence-corrected chi connectivity index (χ0v) is 16.7. The maximum absolute atomic E-state index is 11.1. The third-order valence-corrected chi connectivity index (χ3v) is 9.39. The van der Waals surface area contributed by atoms with Crippen molar-refractivity contribution in [2.75, 3.05) is 38.4 Å². The molecule has 0 radical (unpaired) electrons. The molecule has 0 aliphatic rings. The van der Waals surface area contributed by atoms with Crippen LogP contribution in [0.5, 0.6) is 0 Å². The molecule has 0 aliphatic carbocycles. The van der Waals surface area contributed by atoms with Crippen LogP contribution in [0.15, 0.2) is 0 Å². The average molecular weight is 343 g/mol. The molecule has 0 amide bonds. The highest BCUT2D eigenvalue weighted by atomic mass is 31.2. The molecule has 0 heterocycles. The van der Waals surface area contributed by atoms with Crippen LogP contribution >= 0.6 is 15.1 Å². The number of hydrogen-bond donors (Lipinski definition) is 1. The van der Waals surface area contributed by atoms with Gasteiger partial charge in [0.25, 0.3) is 0 Å². The Kier molecular flexibility index (Phi) is 16.0. The SMILES string of the molecule is CCCCOP(=O)(O)OCCCC.CC[P+](C)(CC)CC. The summed E-state index contributed by atoms with van der Waals surface area (Å²) in [6, 6.07) is 0. The third-order valence-electron chi connectivity index (χ3n) is 3.79. The lowest BCUT2D eigenvalue weighted by atomic mass is 10.4. The predicted molar refractivity (Wildman–Crippen MR) is 96.0 cm³/mol. The van der Waals surface area contributed by atoms with E-state index in [4.69, 9.17) is 13.9 Å². The summed E-state index contributed by atoms with van der Waals surface area (Å²) in [4.78, 5) is 9.08. The van der Waals surface area contributed by atoms with Crippen LogP contribution in [0, 0.1) is 0 Å². The predicted octanol–water partition coefficient (Wildman–Crippen LogP) is 5.41. The fourth-order valence-electron chi connectivity index (χ4n) is 1.36. The summed E-state index contributed by atoms with van der Waals surface area (Å²) in [5, 5.41) is 0. The molecule has 130 valence electrons. The van der Waals surface area contributed by atoms with Crippen molar-refractivity contribution in [2.45, 2.75) is 60.3 Å². The molecule has 0 unspecified atom stereocenters. The van der Waals surface area contributed by atoms with E-state index in [1.54, 1.807) is 0 Å². The second-order valence-electron chi connectivity index (χ2n) is 5.41. The first-order valence-corrected chi connectivity index (χ1v) is 12.5. The zero-order valence-electron chi connectivity index (χ0n) is 14.9. The minimum atomic E-state index is -3.75. The fraction of sp³-hybridized carbons (Fsp3) is 1.00. The van der Waals surface area contributed by atoms with Crippen LogP contribution in [-0.4, -0.2) is 43.3 Å². The van der Waals surface area contributed by atoms with Gasteiger partial charge in [-0.15, -0.1) is 0 Å². The number of unbranched alkanes of at least 4 members (excludes halogenated alkanes) is 2. The monoisotopic (exact) mass is 343 g/mol. The van der Waals surface area contributed by atoms with Gasteiger partial charge < -0.3 is 4.89 Å². The molecule has 6 heteroatoms. The Morgan fingerprint density at radius 1 is 0.857 bits per heavy atom. The highest BCUT2D eigenvalue weighted by molar-refractivity contribution is 7.75. The molecule has 1 N–H and O–H groups in total. The van der Waals surface area contributed by atoms with E-state index in [1.165, 1.54) is 18.5 Å². The van der Waals surface area contributed by atoms with Crippen LogP contribution in [-0.2, 0) is 13.6 Å². The minimum absolute atomic E-state index is 0.288. The first kappa shape index (κ1) is 23.8. The third kappa shape index (κ3) is 15.2. The van der Waals surface area contributed by atoms with Gasteiger partial charge in [0.15, 0.2) is 0 Å². The summed E-state index contributed by atoms with van der Waals surface area (Å²) in [6.45, 7) is 14.0. The smallest absolute Gasteiger partial charge is 0.302 e. The van der Waals surface area contributed by atoms with Gasteiger partial charge >= 0.3 is 7.82 Å². The van der Waals surface area contributed by atoms with Crippen molar-refractivity contribution < 1.29 is 18.5 Å². The largest absolute Gasteiger partial charge is 0.472 e. The second-order valence-corrected chi connectivity index (χ2v) is 12.0. The van der Waals surface area contributed by atoms with E-state index in [-0.39, 0.29) is 13.2 Å². The molecule has 0 aromatic rings. The molecule has 0 aliphatic heterocycles. The molecular formula is C15H37O4P2+. The number of phosphoric ester groups is 1. The standard InChI is InChI=1S/C8H19O4P.C7H18P/c1-3-5-7-11-13(9,10)12-8-6-4-2;1-5-8(4,6-2)7-3/h3-8H2,1-2H3,(H,9,10);5-7H2,1-4H3/q;+1. The Morgan fingerprint density at radius 3 is 1.38 bits per heavy atom. The van der Waals surface area contributed by atoms with E-state index < -0.39 is 15.1 Å². The van der Waals surface area contributed by atoms with Crippen LogP contribution in [0.3, 0.4) is 0 Å². The Balaban J connectivity index is 0. The lowest BCUT2D eigenvalue weighted by Gasteiger charge is -2.16. The maximum Gasteiger partial charge on any atom is 0.472 e. The van der Waals surface area contributed by atoms with Gasteiger partial charge in [-0.2, -0.15) is 0 Å². The molecule has 0 aromatic heterocycles. The van der Waals surface area contributed by atoms with E-state index >= 15 is 0 Å². The average Bonchev–Trinajstić information content (AvgIpc) is 2.47. The molecule has 0 aromatic carbocycles. The van der Waals surface area contributed by atoms with Gasteiger partial charge in [-0.05, 0) is 33.6 Å². The highest BCUT2D eigenvalue weighted by Crippen LogP contribution is 2.53. The zero-order chi connectivity index (χ0) is 16.8. The molecule has 0 fully saturated rings. The second kappa shape index (κ2) is 14.2. The minimum Gasteiger partial charge on any atom is -0.302 e. The summed E-state index contributed by atoms with van der Waals surface area (Å²) >= 11 is 0. The Bertz CT molecular complexity index is 246. The maximum atomic E-state index is 11.1. The van der Waals surface area contributed by atoms with Crippen molar-refractivity contribution in [3.05, 3.63) is 0 Å². The summed E-state index contributed by atoms with van der Waals surface area (Å²) in [5.41, 5.74) is 0. The van der Waals surface area contributed by atoms with Crippen molar-refractivity contribution in [2.24, 2.45) is 0 Å². The summed E-state index contributed by atoms with van der Waals surface area (Å²) in [5.74, 6) is 0. The van der Waals surface area contributed by atoms with Gasteiger partial charge in [-0.3, -0.25) is 9.05 Å². The van der Waals surface area contributed by atoms with Gasteiger partial charge in [0.2, 0.25) is 0 Å². The number of rotatable bonds is 11. The van der Waals surface area contributed by atoms with Crippen LogP contribution in [0.1, 0.15) is 60.3 Å². The Hall–Kier alpha value is 0.540. The fourth-order valence-corrected chi connectivity index (χ4v) is 3.49. The lowest BCUT2D eigenvalue weighted by Crippen LogP contribution is -1.98. The molecule has 0 saturated carbocycles. The number of phosphoric acid groups is 1. The van der Waals surface area contributed by atoms with E-state index in [1.807, 2.05) is 13.8 Å². The molecule has 4 nitrogen and oxygen atoms in total. The lowest BCUT2D eigenvalue weighted by molar-refractivity contribution is 0.146. The topological polar surface area (TPSA) is 55.8 Å². The van der Waals surface area contributed by atoms with Crippen molar-refractivity contribution in [1.82, 2.24) is 0 Å². The molecular weight excluding hydrogens is 306 g/mol. The quantitative estimate of drug-likeness (QED) is 0.402. The van der Waals surface area contributed by atoms with Gasteiger partial charge in [-0.25, -0.2) is 4.57 Å². The van der Waals surface area contributed by atoms with Crippen molar-refractivity contribution in [3.63, 3.8) is 0 Å².